The number of primary amides is 1. The van der Waals surface area contributed by atoms with Gasteiger partial charge in [-0.25, -0.2) is 9.97 Å². The molecule has 0 saturated carbocycles. The van der Waals surface area contributed by atoms with E-state index >= 15 is 0 Å². The van der Waals surface area contributed by atoms with Crippen LogP contribution in [0.2, 0.25) is 0 Å². The Hall–Kier alpha value is -5.49. The van der Waals surface area contributed by atoms with Gasteiger partial charge in [0.1, 0.15) is 16.9 Å². The number of hydrogen-bond donors (Lipinski definition) is 4. The third-order valence-electron chi connectivity index (χ3n) is 11.0. The van der Waals surface area contributed by atoms with Crippen LogP contribution >= 0.6 is 11.5 Å². The lowest BCUT2D eigenvalue weighted by Gasteiger charge is -2.48. The van der Waals surface area contributed by atoms with Crippen LogP contribution in [0.5, 0.6) is 0 Å². The molecular weight excluding hydrogens is 715 g/mol. The van der Waals surface area contributed by atoms with Gasteiger partial charge in [-0.1, -0.05) is 0 Å². The molecule has 5 aliphatic heterocycles. The highest BCUT2D eigenvalue weighted by Gasteiger charge is 2.45. The number of nitrogens with two attached hydrogens (primary N) is 1. The van der Waals surface area contributed by atoms with Crippen LogP contribution in [0.1, 0.15) is 75.4 Å². The Kier molecular flexibility index (Phi) is 9.47. The zero-order valence-electron chi connectivity index (χ0n) is 29.7. The molecule has 17 nitrogen and oxygen atoms in total. The summed E-state index contributed by atoms with van der Waals surface area (Å²) in [6.45, 7) is 6.33. The molecule has 7 heterocycles. The van der Waals surface area contributed by atoms with Crippen LogP contribution in [0.4, 0.5) is 22.3 Å². The number of anilines is 4. The number of rotatable bonds is 9. The van der Waals surface area contributed by atoms with Crippen molar-refractivity contribution in [3.8, 4) is 0 Å². The van der Waals surface area contributed by atoms with Gasteiger partial charge in [0, 0.05) is 56.3 Å². The number of aryl methyl sites for hydroxylation is 1. The van der Waals surface area contributed by atoms with Gasteiger partial charge in [0.25, 0.3) is 17.7 Å². The Morgan fingerprint density at radius 3 is 2.44 bits per heavy atom. The number of likely N-dealkylation sites (tertiary alicyclic amines) is 1. The predicted octanol–water partition coefficient (Wildman–Crippen LogP) is 1.17. The van der Waals surface area contributed by atoms with Crippen molar-refractivity contribution >= 4 is 69.3 Å². The van der Waals surface area contributed by atoms with Gasteiger partial charge in [0.15, 0.2) is 11.5 Å². The SMILES string of the molecule is Cc1cc(Nc2nc(N3CCCC(NC(=O)C4CCN(C5CN(c6ccc7c(c6)C(=O)N(C6CCC(=O)NC6=O)C7=O)C5)CC4)C3)cnc2C(N)=O)sn1. The van der Waals surface area contributed by atoms with E-state index in [1.807, 2.05) is 19.1 Å². The van der Waals surface area contributed by atoms with Gasteiger partial charge in [-0.3, -0.25) is 43.9 Å². The highest BCUT2D eigenvalue weighted by molar-refractivity contribution is 7.10. The quantitative estimate of drug-likeness (QED) is 0.226. The molecular formula is C36H41N11O6S. The zero-order chi connectivity index (χ0) is 37.7. The highest BCUT2D eigenvalue weighted by Crippen LogP contribution is 2.34. The van der Waals surface area contributed by atoms with Gasteiger partial charge in [-0.15, -0.1) is 0 Å². The first-order chi connectivity index (χ1) is 26.0. The highest BCUT2D eigenvalue weighted by atomic mass is 32.1. The fourth-order valence-electron chi connectivity index (χ4n) is 8.04. The maximum atomic E-state index is 13.4. The largest absolute Gasteiger partial charge is 0.368 e. The lowest BCUT2D eigenvalue weighted by molar-refractivity contribution is -0.136. The summed E-state index contributed by atoms with van der Waals surface area (Å²) in [7, 11) is 0. The lowest BCUT2D eigenvalue weighted by atomic mass is 9.92. The van der Waals surface area contributed by atoms with Crippen molar-refractivity contribution in [3.63, 3.8) is 0 Å². The van der Waals surface area contributed by atoms with Crippen LogP contribution in [-0.2, 0) is 14.4 Å². The fraction of sp³-hybridized carbons (Fsp3) is 0.472. The first-order valence-electron chi connectivity index (χ1n) is 18.3. The average Bonchev–Trinajstić information content (AvgIpc) is 3.66. The van der Waals surface area contributed by atoms with Gasteiger partial charge in [-0.2, -0.15) is 4.37 Å². The van der Waals surface area contributed by atoms with E-state index in [9.17, 15) is 28.8 Å². The lowest BCUT2D eigenvalue weighted by Crippen LogP contribution is -2.61. The Morgan fingerprint density at radius 1 is 0.944 bits per heavy atom. The summed E-state index contributed by atoms with van der Waals surface area (Å²) >= 11 is 1.26. The normalized spacial score (nSPS) is 22.6. The number of nitrogens with one attached hydrogen (secondary N) is 3. The molecule has 0 aliphatic carbocycles. The Bertz CT molecular complexity index is 2040. The second kappa shape index (κ2) is 14.4. The molecule has 1 aromatic carbocycles. The molecule has 4 fully saturated rings. The Morgan fingerprint density at radius 2 is 1.72 bits per heavy atom. The van der Waals surface area contributed by atoms with Crippen LogP contribution in [0.3, 0.4) is 0 Å². The number of imide groups is 2. The fourth-order valence-corrected chi connectivity index (χ4v) is 8.70. The molecule has 3 aromatic rings. The number of benzene rings is 1. The average molecular weight is 756 g/mol. The molecule has 6 amide bonds. The number of aromatic nitrogens is 3. The summed E-state index contributed by atoms with van der Waals surface area (Å²) in [6, 6.07) is 6.33. The van der Waals surface area contributed by atoms with Crippen LogP contribution in [0.15, 0.2) is 30.5 Å². The van der Waals surface area contributed by atoms with Crippen molar-refractivity contribution in [2.75, 3.05) is 54.4 Å². The van der Waals surface area contributed by atoms with E-state index in [0.717, 1.165) is 79.7 Å². The smallest absolute Gasteiger partial charge is 0.271 e. The number of carbonyl (C=O) groups excluding carboxylic acids is 6. The Balaban J connectivity index is 0.817. The molecule has 0 bridgehead atoms. The summed E-state index contributed by atoms with van der Waals surface area (Å²) in [5.74, 6) is -1.88. The first kappa shape index (κ1) is 35.5. The molecule has 2 unspecified atom stereocenters. The van der Waals surface area contributed by atoms with E-state index in [0.29, 0.717) is 18.4 Å². The van der Waals surface area contributed by atoms with E-state index in [4.69, 9.17) is 10.7 Å². The molecule has 282 valence electrons. The molecule has 5 aliphatic rings. The van der Waals surface area contributed by atoms with Gasteiger partial charge in [-0.05, 0) is 87.9 Å². The maximum Gasteiger partial charge on any atom is 0.271 e. The molecule has 54 heavy (non-hydrogen) atoms. The van der Waals surface area contributed by atoms with Crippen molar-refractivity contribution in [2.24, 2.45) is 11.7 Å². The van der Waals surface area contributed by atoms with E-state index < -0.39 is 35.6 Å². The standard InChI is InChI=1S/C36H41N11O6S/c1-19-13-29(54-43-19)42-32-30(31(37)49)38-15-27(40-32)45-10-2-3-21(16-45)39-33(50)20-8-11-44(12-9-20)23-17-46(18-23)22-4-5-24-25(14-22)36(53)47(35(24)52)26-6-7-28(48)41-34(26)51/h4-5,13-15,20-21,23,26H,2-3,6-12,16-18H2,1H3,(H2,37,49)(H,39,50)(H,40,42)(H,41,48,51). The molecule has 0 spiro atoms. The monoisotopic (exact) mass is 755 g/mol. The van der Waals surface area contributed by atoms with Crippen LogP contribution in [0.25, 0.3) is 0 Å². The maximum absolute atomic E-state index is 13.4. The molecule has 0 radical (unpaired) electrons. The minimum Gasteiger partial charge on any atom is -0.368 e. The van der Waals surface area contributed by atoms with E-state index in [-0.39, 0.29) is 53.3 Å². The van der Waals surface area contributed by atoms with Crippen molar-refractivity contribution in [3.05, 3.63) is 53.0 Å². The second-order valence-electron chi connectivity index (χ2n) is 14.6. The number of nitrogens with zero attached hydrogens (tertiary/aromatic N) is 7. The second-order valence-corrected chi connectivity index (χ2v) is 15.4. The number of hydrogen-bond acceptors (Lipinski definition) is 14. The molecule has 18 heteroatoms. The van der Waals surface area contributed by atoms with E-state index in [2.05, 4.69) is 40.0 Å². The summed E-state index contributed by atoms with van der Waals surface area (Å²) in [5.41, 5.74) is 7.84. The van der Waals surface area contributed by atoms with Crippen molar-refractivity contribution in [2.45, 2.75) is 63.6 Å². The van der Waals surface area contributed by atoms with Crippen LogP contribution < -0.4 is 31.5 Å². The summed E-state index contributed by atoms with van der Waals surface area (Å²) in [4.78, 5) is 92.5. The molecule has 4 saturated heterocycles. The Labute approximate surface area is 314 Å². The minimum absolute atomic E-state index is 0.0464. The summed E-state index contributed by atoms with van der Waals surface area (Å²) < 4.78 is 4.27. The van der Waals surface area contributed by atoms with Crippen molar-refractivity contribution in [1.29, 1.82) is 0 Å². The van der Waals surface area contributed by atoms with Gasteiger partial charge >= 0.3 is 0 Å². The van der Waals surface area contributed by atoms with Crippen LogP contribution in [0, 0.1) is 12.8 Å². The summed E-state index contributed by atoms with van der Waals surface area (Å²) in [6.07, 6.45) is 4.99. The van der Waals surface area contributed by atoms with Gasteiger partial charge < -0.3 is 26.2 Å². The topological polar surface area (TPSA) is 216 Å². The third-order valence-corrected chi connectivity index (χ3v) is 11.8. The van der Waals surface area contributed by atoms with E-state index in [1.54, 1.807) is 18.3 Å². The zero-order valence-corrected chi connectivity index (χ0v) is 30.6. The first-order valence-corrected chi connectivity index (χ1v) is 19.1. The number of piperidine rings is 3. The van der Waals surface area contributed by atoms with E-state index in [1.165, 1.54) is 11.5 Å². The van der Waals surface area contributed by atoms with Crippen molar-refractivity contribution < 1.29 is 28.8 Å². The molecule has 8 rings (SSSR count). The number of fused-ring (bicyclic) bond motifs is 1. The molecule has 2 atom stereocenters. The van der Waals surface area contributed by atoms with Crippen LogP contribution in [-0.4, -0.2) is 117 Å². The van der Waals surface area contributed by atoms with Gasteiger partial charge in [0.05, 0.1) is 23.0 Å². The molecule has 5 N–H and O–H groups in total. The number of carbonyl (C=O) groups is 6. The third kappa shape index (κ3) is 6.86. The summed E-state index contributed by atoms with van der Waals surface area (Å²) in [5, 5.41) is 9.37. The van der Waals surface area contributed by atoms with Gasteiger partial charge in [0.2, 0.25) is 17.7 Å². The predicted molar refractivity (Wildman–Crippen MR) is 197 cm³/mol. The minimum atomic E-state index is -0.992. The molecule has 2 aromatic heterocycles. The number of amides is 6. The van der Waals surface area contributed by atoms with Crippen molar-refractivity contribution in [1.82, 2.24) is 34.8 Å².